The molecule has 0 saturated heterocycles. The molecule has 0 unspecified atom stereocenters. The fraction of sp³-hybridized carbons (Fsp3) is 0. The lowest BCUT2D eigenvalue weighted by Gasteiger charge is -2.08. The zero-order valence-corrected chi connectivity index (χ0v) is 8.89. The van der Waals surface area contributed by atoms with Gasteiger partial charge in [0.2, 0.25) is 0 Å². The number of amides is 1. The van der Waals surface area contributed by atoms with Crippen molar-refractivity contribution in [1.29, 1.82) is 0 Å². The summed E-state index contributed by atoms with van der Waals surface area (Å²) in [7, 11) is 0. The van der Waals surface area contributed by atoms with Crippen molar-refractivity contribution in [2.45, 2.75) is 0 Å². The molecule has 0 aliphatic rings. The Bertz CT molecular complexity index is 540. The van der Waals surface area contributed by atoms with Crippen molar-refractivity contribution < 1.29 is 13.9 Å². The van der Waals surface area contributed by atoms with Crippen LogP contribution in [0, 0.1) is 5.82 Å². The van der Waals surface area contributed by atoms with Crippen LogP contribution < -0.4 is 10.5 Å². The first kappa shape index (κ1) is 11.1. The third-order valence-electron chi connectivity index (χ3n) is 2.24. The third-order valence-corrected chi connectivity index (χ3v) is 2.24. The standard InChI is InChI=1S/C13H10FNO2/c14-10-6-7-11(9-4-2-1-3-5-9)12(8-10)17-13(15)16/h1-8H,(H2,15,16). The van der Waals surface area contributed by atoms with E-state index in [1.54, 1.807) is 6.07 Å². The second-order valence-electron chi connectivity index (χ2n) is 3.43. The molecule has 2 aromatic carbocycles. The van der Waals surface area contributed by atoms with Crippen LogP contribution in [0.2, 0.25) is 0 Å². The number of halogens is 1. The molecule has 0 saturated carbocycles. The topological polar surface area (TPSA) is 52.3 Å². The molecule has 0 bridgehead atoms. The Morgan fingerprint density at radius 1 is 1.12 bits per heavy atom. The second-order valence-corrected chi connectivity index (χ2v) is 3.43. The highest BCUT2D eigenvalue weighted by Gasteiger charge is 2.09. The monoisotopic (exact) mass is 231 g/mol. The van der Waals surface area contributed by atoms with Crippen molar-refractivity contribution in [2.24, 2.45) is 5.73 Å². The molecular weight excluding hydrogens is 221 g/mol. The number of carbonyl (C=O) groups is 1. The smallest absolute Gasteiger partial charge is 0.409 e. The minimum atomic E-state index is -0.965. The van der Waals surface area contributed by atoms with Crippen LogP contribution in [0.5, 0.6) is 5.75 Å². The Morgan fingerprint density at radius 2 is 1.82 bits per heavy atom. The average molecular weight is 231 g/mol. The Morgan fingerprint density at radius 3 is 2.47 bits per heavy atom. The molecule has 0 aromatic heterocycles. The van der Waals surface area contributed by atoms with Gasteiger partial charge >= 0.3 is 6.09 Å². The number of ether oxygens (including phenoxy) is 1. The van der Waals surface area contributed by atoms with Crippen LogP contribution >= 0.6 is 0 Å². The van der Waals surface area contributed by atoms with Crippen molar-refractivity contribution >= 4 is 6.09 Å². The quantitative estimate of drug-likeness (QED) is 0.863. The normalized spacial score (nSPS) is 9.94. The van der Waals surface area contributed by atoms with Crippen molar-refractivity contribution in [3.8, 4) is 16.9 Å². The summed E-state index contributed by atoms with van der Waals surface area (Å²) in [5, 5.41) is 0. The van der Waals surface area contributed by atoms with E-state index in [2.05, 4.69) is 0 Å². The minimum absolute atomic E-state index is 0.115. The highest BCUT2D eigenvalue weighted by molar-refractivity contribution is 5.76. The van der Waals surface area contributed by atoms with Crippen molar-refractivity contribution in [3.63, 3.8) is 0 Å². The number of hydrogen-bond acceptors (Lipinski definition) is 2. The summed E-state index contributed by atoms with van der Waals surface area (Å²) in [6.07, 6.45) is -0.965. The van der Waals surface area contributed by atoms with E-state index in [0.29, 0.717) is 5.56 Å². The van der Waals surface area contributed by atoms with E-state index in [1.807, 2.05) is 30.3 Å². The van der Waals surface area contributed by atoms with Gasteiger partial charge in [0.1, 0.15) is 11.6 Å². The van der Waals surface area contributed by atoms with E-state index in [-0.39, 0.29) is 5.75 Å². The van der Waals surface area contributed by atoms with Crippen molar-refractivity contribution in [1.82, 2.24) is 0 Å². The third kappa shape index (κ3) is 2.60. The zero-order valence-electron chi connectivity index (χ0n) is 8.89. The van der Waals surface area contributed by atoms with Gasteiger partial charge in [-0.2, -0.15) is 0 Å². The number of benzene rings is 2. The highest BCUT2D eigenvalue weighted by Crippen LogP contribution is 2.30. The summed E-state index contributed by atoms with van der Waals surface area (Å²) in [6.45, 7) is 0. The largest absolute Gasteiger partial charge is 0.410 e. The second kappa shape index (κ2) is 4.65. The van der Waals surface area contributed by atoms with Gasteiger partial charge in [0.05, 0.1) is 0 Å². The number of rotatable bonds is 2. The Balaban J connectivity index is 2.50. The lowest BCUT2D eigenvalue weighted by molar-refractivity contribution is 0.211. The first-order valence-corrected chi connectivity index (χ1v) is 4.99. The van der Waals surface area contributed by atoms with E-state index in [9.17, 15) is 9.18 Å². The van der Waals surface area contributed by atoms with Crippen LogP contribution in [0.1, 0.15) is 0 Å². The molecule has 2 N–H and O–H groups in total. The van der Waals surface area contributed by atoms with Crippen LogP contribution in [0.25, 0.3) is 11.1 Å². The van der Waals surface area contributed by atoms with E-state index in [0.717, 1.165) is 11.6 Å². The predicted molar refractivity (Wildman–Crippen MR) is 62.0 cm³/mol. The van der Waals surface area contributed by atoms with E-state index in [1.165, 1.54) is 6.07 Å². The van der Waals surface area contributed by atoms with Crippen LogP contribution in [-0.4, -0.2) is 6.09 Å². The van der Waals surface area contributed by atoms with Gasteiger partial charge in [-0.15, -0.1) is 0 Å². The fourth-order valence-corrected chi connectivity index (χ4v) is 1.55. The maximum Gasteiger partial charge on any atom is 0.409 e. The lowest BCUT2D eigenvalue weighted by Crippen LogP contribution is -2.16. The molecule has 0 atom stereocenters. The van der Waals surface area contributed by atoms with E-state index < -0.39 is 11.9 Å². The number of primary amides is 1. The van der Waals surface area contributed by atoms with E-state index >= 15 is 0 Å². The molecule has 0 spiro atoms. The molecule has 17 heavy (non-hydrogen) atoms. The summed E-state index contributed by atoms with van der Waals surface area (Å²) >= 11 is 0. The molecule has 4 heteroatoms. The lowest BCUT2D eigenvalue weighted by atomic mass is 10.0. The average Bonchev–Trinajstić information content (AvgIpc) is 2.29. The van der Waals surface area contributed by atoms with Gasteiger partial charge in [-0.25, -0.2) is 9.18 Å². The number of nitrogens with two attached hydrogens (primary N) is 1. The van der Waals surface area contributed by atoms with Gasteiger partial charge in [0.15, 0.2) is 0 Å². The number of hydrogen-bond donors (Lipinski definition) is 1. The van der Waals surface area contributed by atoms with E-state index in [4.69, 9.17) is 10.5 Å². The highest BCUT2D eigenvalue weighted by atomic mass is 19.1. The Kier molecular flexibility index (Phi) is 3.05. The van der Waals surface area contributed by atoms with Crippen LogP contribution in [0.15, 0.2) is 48.5 Å². The van der Waals surface area contributed by atoms with Gasteiger partial charge in [-0.05, 0) is 17.7 Å². The van der Waals surface area contributed by atoms with Crippen LogP contribution in [0.4, 0.5) is 9.18 Å². The Labute approximate surface area is 97.6 Å². The summed E-state index contributed by atoms with van der Waals surface area (Å²) in [4.78, 5) is 10.7. The molecule has 2 aromatic rings. The SMILES string of the molecule is NC(=O)Oc1cc(F)ccc1-c1ccccc1. The first-order valence-electron chi connectivity index (χ1n) is 4.99. The Hall–Kier alpha value is -2.36. The molecule has 0 heterocycles. The fourth-order valence-electron chi connectivity index (χ4n) is 1.55. The maximum absolute atomic E-state index is 13.1. The molecule has 3 nitrogen and oxygen atoms in total. The summed E-state index contributed by atoms with van der Waals surface area (Å²) < 4.78 is 17.9. The molecule has 0 aliphatic heterocycles. The van der Waals surface area contributed by atoms with Gasteiger partial charge in [-0.1, -0.05) is 30.3 Å². The summed E-state index contributed by atoms with van der Waals surface area (Å²) in [6, 6.07) is 13.2. The minimum Gasteiger partial charge on any atom is -0.410 e. The summed E-state index contributed by atoms with van der Waals surface area (Å²) in [5.74, 6) is -0.371. The molecule has 2 rings (SSSR count). The maximum atomic E-state index is 13.1. The van der Waals surface area contributed by atoms with Gasteiger partial charge in [0, 0.05) is 11.6 Å². The molecule has 86 valence electrons. The number of carbonyl (C=O) groups excluding carboxylic acids is 1. The summed E-state index contributed by atoms with van der Waals surface area (Å²) in [5.41, 5.74) is 6.38. The predicted octanol–water partition coefficient (Wildman–Crippen LogP) is 2.95. The van der Waals surface area contributed by atoms with Gasteiger partial charge in [0.25, 0.3) is 0 Å². The van der Waals surface area contributed by atoms with Crippen LogP contribution in [0.3, 0.4) is 0 Å². The van der Waals surface area contributed by atoms with Crippen LogP contribution in [-0.2, 0) is 0 Å². The van der Waals surface area contributed by atoms with Gasteiger partial charge < -0.3 is 10.5 Å². The first-order chi connectivity index (χ1) is 8.16. The molecule has 0 aliphatic carbocycles. The molecular formula is C13H10FNO2. The molecule has 0 fully saturated rings. The van der Waals surface area contributed by atoms with Crippen molar-refractivity contribution in [3.05, 3.63) is 54.3 Å². The van der Waals surface area contributed by atoms with Gasteiger partial charge in [-0.3, -0.25) is 0 Å². The zero-order chi connectivity index (χ0) is 12.3. The molecule has 0 radical (unpaired) electrons. The molecule has 1 amide bonds. The van der Waals surface area contributed by atoms with Crippen molar-refractivity contribution in [2.75, 3.05) is 0 Å².